The van der Waals surface area contributed by atoms with Crippen LogP contribution in [-0.4, -0.2) is 29.9 Å². The van der Waals surface area contributed by atoms with Crippen LogP contribution in [0.25, 0.3) is 101 Å². The largest absolute Gasteiger partial charge is 0.456 e. The molecule has 0 saturated heterocycles. The van der Waals surface area contributed by atoms with Crippen molar-refractivity contribution in [2.75, 3.05) is 0 Å². The zero-order chi connectivity index (χ0) is 45.4. The Morgan fingerprint density at radius 1 is 0.232 bits per heavy atom. The molecule has 2 bridgehead atoms. The number of hydrogen-bond donors (Lipinski definition) is 0. The summed E-state index contributed by atoms with van der Waals surface area (Å²) in [5.74, 6) is 3.85. The van der Waals surface area contributed by atoms with Crippen molar-refractivity contribution >= 4 is 21.9 Å². The predicted molar refractivity (Wildman–Crippen MR) is 273 cm³/mol. The van der Waals surface area contributed by atoms with E-state index in [4.69, 9.17) is 34.3 Å². The molecule has 0 spiro atoms. The second-order valence-electron chi connectivity index (χ2n) is 17.8. The van der Waals surface area contributed by atoms with Crippen molar-refractivity contribution in [2.24, 2.45) is 0 Å². The van der Waals surface area contributed by atoms with E-state index in [1.165, 1.54) is 33.4 Å². The molecule has 3 aromatic heterocycles. The van der Waals surface area contributed by atoms with Gasteiger partial charge in [0.15, 0.2) is 34.9 Å². The Morgan fingerprint density at radius 2 is 0.580 bits per heavy atom. The molecule has 15 rings (SSSR count). The molecule has 7 nitrogen and oxygen atoms in total. The number of fused-ring (bicyclic) bond motifs is 3. The average Bonchev–Trinajstić information content (AvgIpc) is 3.81. The lowest BCUT2D eigenvalue weighted by molar-refractivity contribution is 0.669. The minimum Gasteiger partial charge on any atom is -0.456 e. The van der Waals surface area contributed by atoms with Crippen LogP contribution in [0.2, 0.25) is 0 Å². The second kappa shape index (κ2) is 15.7. The molecule has 2 atom stereocenters. The molecule has 9 aromatic carbocycles. The van der Waals surface area contributed by atoms with Gasteiger partial charge in [0.1, 0.15) is 11.2 Å². The van der Waals surface area contributed by atoms with Crippen molar-refractivity contribution in [3.63, 3.8) is 0 Å². The van der Waals surface area contributed by atoms with Crippen molar-refractivity contribution in [2.45, 2.75) is 11.8 Å². The Balaban J connectivity index is 0.852. The lowest BCUT2D eigenvalue weighted by Crippen LogP contribution is -2.27. The molecular formula is C62H38N6O. The molecule has 3 aliphatic rings. The van der Waals surface area contributed by atoms with Crippen molar-refractivity contribution in [1.82, 2.24) is 29.9 Å². The van der Waals surface area contributed by atoms with Gasteiger partial charge in [-0.15, -0.1) is 0 Å². The van der Waals surface area contributed by atoms with E-state index in [9.17, 15) is 0 Å². The van der Waals surface area contributed by atoms with Crippen LogP contribution in [0.3, 0.4) is 0 Å². The van der Waals surface area contributed by atoms with Gasteiger partial charge in [0.05, 0.1) is 0 Å². The summed E-state index contributed by atoms with van der Waals surface area (Å²) >= 11 is 0. The first-order valence-electron chi connectivity index (χ1n) is 23.2. The Bertz CT molecular complexity index is 3910. The third-order valence-electron chi connectivity index (χ3n) is 13.8. The molecule has 0 amide bonds. The van der Waals surface area contributed by atoms with E-state index in [1.807, 2.05) is 97.1 Å². The SMILES string of the molecule is c1ccc(-c2nc(-c3ccccc3)nc(-c3ccc4c(c3)C3c5ccccc5C4c4cc(-c5nc(-c6ccccc6)nc(-c6ccc(-c7ccc8c(c7)oc7ccccc78)cc6)n5)ccc43)n2)cc1. The molecule has 69 heavy (non-hydrogen) atoms. The molecule has 0 saturated carbocycles. The van der Waals surface area contributed by atoms with Crippen molar-refractivity contribution in [3.05, 3.63) is 252 Å². The number of para-hydroxylation sites is 1. The molecular weight excluding hydrogens is 845 g/mol. The van der Waals surface area contributed by atoms with Gasteiger partial charge < -0.3 is 4.42 Å². The Morgan fingerprint density at radius 3 is 1.07 bits per heavy atom. The third kappa shape index (κ3) is 6.58. The third-order valence-corrected chi connectivity index (χ3v) is 13.8. The van der Waals surface area contributed by atoms with Crippen LogP contribution in [0.4, 0.5) is 0 Å². The predicted octanol–water partition coefficient (Wildman–Crippen LogP) is 14.6. The quantitative estimate of drug-likeness (QED) is 0.157. The monoisotopic (exact) mass is 882 g/mol. The lowest BCUT2D eigenvalue weighted by atomic mass is 9.61. The van der Waals surface area contributed by atoms with Crippen molar-refractivity contribution in [3.8, 4) is 79.5 Å². The molecule has 12 aromatic rings. The minimum atomic E-state index is 0.0181. The van der Waals surface area contributed by atoms with E-state index in [0.29, 0.717) is 34.9 Å². The number of aromatic nitrogens is 6. The van der Waals surface area contributed by atoms with Crippen molar-refractivity contribution < 1.29 is 4.42 Å². The van der Waals surface area contributed by atoms with E-state index in [-0.39, 0.29) is 11.8 Å². The van der Waals surface area contributed by atoms with E-state index in [1.54, 1.807) is 0 Å². The lowest BCUT2D eigenvalue weighted by Gasteiger charge is -2.42. The van der Waals surface area contributed by atoms with E-state index in [0.717, 1.165) is 66.4 Å². The van der Waals surface area contributed by atoms with Crippen LogP contribution in [0, 0.1) is 0 Å². The maximum Gasteiger partial charge on any atom is 0.164 e. The molecule has 0 aliphatic heterocycles. The summed E-state index contributed by atoms with van der Waals surface area (Å²) in [4.78, 5) is 30.6. The fourth-order valence-electron chi connectivity index (χ4n) is 10.5. The van der Waals surface area contributed by atoms with Gasteiger partial charge in [-0.3, -0.25) is 0 Å². The van der Waals surface area contributed by atoms with Gasteiger partial charge in [-0.1, -0.05) is 188 Å². The maximum absolute atomic E-state index is 6.22. The van der Waals surface area contributed by atoms with E-state index >= 15 is 0 Å². The fourth-order valence-corrected chi connectivity index (χ4v) is 10.5. The summed E-state index contributed by atoms with van der Waals surface area (Å²) in [6.45, 7) is 0. The number of furan rings is 1. The van der Waals surface area contributed by atoms with Gasteiger partial charge in [-0.25, -0.2) is 29.9 Å². The van der Waals surface area contributed by atoms with Crippen LogP contribution >= 0.6 is 0 Å². The highest BCUT2D eigenvalue weighted by molar-refractivity contribution is 6.05. The first kappa shape index (κ1) is 39.0. The summed E-state index contributed by atoms with van der Waals surface area (Å²) in [6.07, 6.45) is 0. The van der Waals surface area contributed by atoms with Crippen LogP contribution in [0.1, 0.15) is 45.2 Å². The molecule has 3 aliphatic carbocycles. The van der Waals surface area contributed by atoms with E-state index < -0.39 is 0 Å². The smallest absolute Gasteiger partial charge is 0.164 e. The summed E-state index contributed by atoms with van der Waals surface area (Å²) in [7, 11) is 0. The maximum atomic E-state index is 6.22. The number of rotatable bonds is 7. The average molecular weight is 883 g/mol. The van der Waals surface area contributed by atoms with Crippen LogP contribution in [0.5, 0.6) is 0 Å². The molecule has 322 valence electrons. The fraction of sp³-hybridized carbons (Fsp3) is 0.0323. The van der Waals surface area contributed by atoms with Gasteiger partial charge in [-0.05, 0) is 74.8 Å². The van der Waals surface area contributed by atoms with Gasteiger partial charge in [-0.2, -0.15) is 0 Å². The summed E-state index contributed by atoms with van der Waals surface area (Å²) in [5.41, 5.74) is 17.3. The van der Waals surface area contributed by atoms with Crippen LogP contribution < -0.4 is 0 Å². The Labute approximate surface area is 397 Å². The molecule has 0 fully saturated rings. The van der Waals surface area contributed by atoms with Gasteiger partial charge in [0.25, 0.3) is 0 Å². The van der Waals surface area contributed by atoms with Crippen LogP contribution in [0.15, 0.2) is 223 Å². The molecule has 0 radical (unpaired) electrons. The molecule has 7 heteroatoms. The minimum absolute atomic E-state index is 0.0181. The highest BCUT2D eigenvalue weighted by Gasteiger charge is 2.41. The van der Waals surface area contributed by atoms with Gasteiger partial charge in [0, 0.05) is 56.0 Å². The van der Waals surface area contributed by atoms with Gasteiger partial charge >= 0.3 is 0 Å². The van der Waals surface area contributed by atoms with Gasteiger partial charge in [0.2, 0.25) is 0 Å². The first-order chi connectivity index (χ1) is 34.2. The standard InChI is InChI=1S/C62H38N6O/c1-4-14-38(15-5-1)57-63-58(39-16-6-2-7-17-39)66-61(65-57)43-29-32-49-51(34-43)55-47-21-10-11-22-48(47)56(49)52-35-44(30-33-50(52)55)62-67-59(40-18-8-3-9-19-40)64-60(68-62)41-26-24-37(25-27-41)42-28-31-46-45-20-12-13-23-53(45)69-54(46)36-42/h1-36,55-56H. The second-order valence-corrected chi connectivity index (χ2v) is 17.8. The number of benzene rings is 9. The summed E-state index contributed by atoms with van der Waals surface area (Å²) in [6, 6.07) is 75.9. The van der Waals surface area contributed by atoms with Crippen LogP contribution in [-0.2, 0) is 0 Å². The summed E-state index contributed by atoms with van der Waals surface area (Å²) in [5, 5.41) is 2.23. The highest BCUT2D eigenvalue weighted by Crippen LogP contribution is 2.56. The zero-order valence-corrected chi connectivity index (χ0v) is 37.0. The molecule has 2 unspecified atom stereocenters. The Kier molecular flexibility index (Phi) is 8.89. The highest BCUT2D eigenvalue weighted by atomic mass is 16.3. The topological polar surface area (TPSA) is 90.5 Å². The summed E-state index contributed by atoms with van der Waals surface area (Å²) < 4.78 is 6.22. The van der Waals surface area contributed by atoms with Crippen molar-refractivity contribution in [1.29, 1.82) is 0 Å². The molecule has 3 heterocycles. The number of nitrogens with zero attached hydrogens (tertiary/aromatic N) is 6. The normalized spacial score (nSPS) is 14.4. The first-order valence-corrected chi connectivity index (χ1v) is 23.2. The zero-order valence-electron chi connectivity index (χ0n) is 37.0. The Hall–Kier alpha value is -9.20. The molecule has 0 N–H and O–H groups in total. The number of hydrogen-bond acceptors (Lipinski definition) is 7. The van der Waals surface area contributed by atoms with E-state index in [2.05, 4.69) is 121 Å².